The van der Waals surface area contributed by atoms with E-state index in [2.05, 4.69) is 15.9 Å². The maximum absolute atomic E-state index is 9.85. The van der Waals surface area contributed by atoms with Crippen LogP contribution >= 0.6 is 15.9 Å². The molecule has 112 valence electrons. The van der Waals surface area contributed by atoms with Gasteiger partial charge in [-0.25, -0.2) is 0 Å². The van der Waals surface area contributed by atoms with E-state index in [1.165, 1.54) is 0 Å². The van der Waals surface area contributed by atoms with Crippen LogP contribution in [0.5, 0.6) is 5.75 Å². The number of benzene rings is 2. The summed E-state index contributed by atoms with van der Waals surface area (Å²) >= 11 is 3.41. The topological polar surface area (TPSA) is 79.2 Å². The van der Waals surface area contributed by atoms with Crippen molar-refractivity contribution in [2.24, 2.45) is 0 Å². The highest BCUT2D eigenvalue weighted by Crippen LogP contribution is 2.26. The summed E-state index contributed by atoms with van der Waals surface area (Å²) in [6.45, 7) is -0.0799. The van der Waals surface area contributed by atoms with Crippen molar-refractivity contribution in [3.8, 4) is 5.75 Å². The molecule has 6 heteroatoms. The fraction of sp³-hybridized carbons (Fsp3) is 0.333. The van der Waals surface area contributed by atoms with Gasteiger partial charge in [-0.2, -0.15) is 0 Å². The maximum atomic E-state index is 9.85. The molecule has 21 heavy (non-hydrogen) atoms. The SMILES string of the molecule is O[C@@H]1[C@@H](O)[C@H](Oc2ccc3cc(Br)ccc3c2)OC[C@H]1O. The maximum Gasteiger partial charge on any atom is 0.228 e. The van der Waals surface area contributed by atoms with Gasteiger partial charge in [0, 0.05) is 4.47 Å². The fourth-order valence-electron chi connectivity index (χ4n) is 2.29. The van der Waals surface area contributed by atoms with Gasteiger partial charge in [-0.3, -0.25) is 0 Å². The number of halogens is 1. The van der Waals surface area contributed by atoms with Crippen molar-refractivity contribution < 1.29 is 24.8 Å². The standard InChI is InChI=1S/C15H15BrO5/c16-10-3-1-9-6-11(4-2-8(9)5-10)21-15-14(19)13(18)12(17)7-20-15/h1-6,12-15,17-19H,7H2/t12-,13+,14-,15+/m1/s1. The summed E-state index contributed by atoms with van der Waals surface area (Å²) in [7, 11) is 0. The van der Waals surface area contributed by atoms with E-state index in [-0.39, 0.29) is 6.61 Å². The Labute approximate surface area is 129 Å². The minimum absolute atomic E-state index is 0.0799. The zero-order valence-corrected chi connectivity index (χ0v) is 12.6. The van der Waals surface area contributed by atoms with Crippen LogP contribution in [0.4, 0.5) is 0 Å². The van der Waals surface area contributed by atoms with E-state index in [0.29, 0.717) is 5.75 Å². The van der Waals surface area contributed by atoms with Crippen LogP contribution in [0.3, 0.4) is 0 Å². The number of fused-ring (bicyclic) bond motifs is 1. The van der Waals surface area contributed by atoms with Crippen LogP contribution in [0.25, 0.3) is 10.8 Å². The van der Waals surface area contributed by atoms with Crippen LogP contribution in [0.1, 0.15) is 0 Å². The molecule has 2 aromatic rings. The average Bonchev–Trinajstić information content (AvgIpc) is 2.48. The zero-order valence-electron chi connectivity index (χ0n) is 11.0. The lowest BCUT2D eigenvalue weighted by atomic mass is 10.1. The Hall–Kier alpha value is -1.18. The monoisotopic (exact) mass is 354 g/mol. The summed E-state index contributed by atoms with van der Waals surface area (Å²) in [5.41, 5.74) is 0. The van der Waals surface area contributed by atoms with Crippen LogP contribution in [0.15, 0.2) is 40.9 Å². The second-order valence-corrected chi connectivity index (χ2v) is 5.94. The summed E-state index contributed by atoms with van der Waals surface area (Å²) in [6, 6.07) is 11.4. The predicted octanol–water partition coefficient (Wildman–Crippen LogP) is 1.42. The molecule has 2 aromatic carbocycles. The van der Waals surface area contributed by atoms with Gasteiger partial charge in [0.05, 0.1) is 6.61 Å². The normalized spacial score (nSPS) is 29.5. The molecular formula is C15H15BrO5. The number of rotatable bonds is 2. The highest BCUT2D eigenvalue weighted by molar-refractivity contribution is 9.10. The van der Waals surface area contributed by atoms with Crippen LogP contribution in [-0.2, 0) is 4.74 Å². The van der Waals surface area contributed by atoms with E-state index in [9.17, 15) is 15.3 Å². The molecule has 1 aliphatic rings. The minimum Gasteiger partial charge on any atom is -0.462 e. The van der Waals surface area contributed by atoms with Gasteiger partial charge in [0.25, 0.3) is 0 Å². The second-order valence-electron chi connectivity index (χ2n) is 5.02. The van der Waals surface area contributed by atoms with Gasteiger partial charge in [-0.1, -0.05) is 28.1 Å². The van der Waals surface area contributed by atoms with E-state index in [0.717, 1.165) is 15.2 Å². The summed E-state index contributed by atoms with van der Waals surface area (Å²) in [6.07, 6.45) is -4.68. The van der Waals surface area contributed by atoms with Gasteiger partial charge in [-0.15, -0.1) is 0 Å². The van der Waals surface area contributed by atoms with Crippen LogP contribution in [-0.4, -0.2) is 46.5 Å². The summed E-state index contributed by atoms with van der Waals surface area (Å²) in [4.78, 5) is 0. The minimum atomic E-state index is -1.30. The molecule has 0 aliphatic carbocycles. The third kappa shape index (κ3) is 3.04. The Balaban J connectivity index is 1.80. The Morgan fingerprint density at radius 1 is 1.00 bits per heavy atom. The van der Waals surface area contributed by atoms with Crippen molar-refractivity contribution in [3.05, 3.63) is 40.9 Å². The largest absolute Gasteiger partial charge is 0.462 e. The van der Waals surface area contributed by atoms with E-state index in [1.807, 2.05) is 30.3 Å². The van der Waals surface area contributed by atoms with Crippen LogP contribution in [0.2, 0.25) is 0 Å². The van der Waals surface area contributed by atoms with Crippen molar-refractivity contribution >= 4 is 26.7 Å². The molecule has 0 radical (unpaired) electrons. The van der Waals surface area contributed by atoms with Gasteiger partial charge in [0.2, 0.25) is 6.29 Å². The average molecular weight is 355 g/mol. The Bertz CT molecular complexity index is 647. The highest BCUT2D eigenvalue weighted by atomic mass is 79.9. The van der Waals surface area contributed by atoms with Gasteiger partial charge >= 0.3 is 0 Å². The zero-order chi connectivity index (χ0) is 15.0. The van der Waals surface area contributed by atoms with E-state index in [1.54, 1.807) is 6.07 Å². The molecule has 5 nitrogen and oxygen atoms in total. The lowest BCUT2D eigenvalue weighted by molar-refractivity contribution is -0.242. The second kappa shape index (κ2) is 5.90. The molecule has 0 spiro atoms. The molecule has 3 rings (SSSR count). The van der Waals surface area contributed by atoms with Gasteiger partial charge in [0.15, 0.2) is 0 Å². The van der Waals surface area contributed by atoms with Gasteiger partial charge in [0.1, 0.15) is 24.1 Å². The third-order valence-corrected chi connectivity index (χ3v) is 3.97. The quantitative estimate of drug-likeness (QED) is 0.760. The summed E-state index contributed by atoms with van der Waals surface area (Å²) in [5, 5.41) is 30.9. The fourth-order valence-corrected chi connectivity index (χ4v) is 2.66. The lowest BCUT2D eigenvalue weighted by Gasteiger charge is -2.34. The first kappa shape index (κ1) is 14.7. The Morgan fingerprint density at radius 3 is 2.52 bits per heavy atom. The Morgan fingerprint density at radius 2 is 1.71 bits per heavy atom. The molecule has 4 atom stereocenters. The Kier molecular flexibility index (Phi) is 4.14. The molecule has 0 unspecified atom stereocenters. The molecule has 0 aromatic heterocycles. The number of aliphatic hydroxyl groups is 3. The number of hydrogen-bond donors (Lipinski definition) is 3. The van der Waals surface area contributed by atoms with Crippen molar-refractivity contribution in [1.29, 1.82) is 0 Å². The molecule has 0 amide bonds. The first-order valence-electron chi connectivity index (χ1n) is 6.56. The van der Waals surface area contributed by atoms with Gasteiger partial charge in [-0.05, 0) is 35.0 Å². The van der Waals surface area contributed by atoms with E-state index in [4.69, 9.17) is 9.47 Å². The van der Waals surface area contributed by atoms with Gasteiger partial charge < -0.3 is 24.8 Å². The third-order valence-electron chi connectivity index (χ3n) is 3.48. The summed E-state index contributed by atoms with van der Waals surface area (Å²) < 4.78 is 11.8. The number of aliphatic hydroxyl groups excluding tert-OH is 3. The van der Waals surface area contributed by atoms with Crippen LogP contribution < -0.4 is 4.74 Å². The molecular weight excluding hydrogens is 340 g/mol. The molecule has 3 N–H and O–H groups in total. The van der Waals surface area contributed by atoms with Crippen molar-refractivity contribution in [2.75, 3.05) is 6.61 Å². The number of ether oxygens (including phenoxy) is 2. The molecule has 1 saturated heterocycles. The van der Waals surface area contributed by atoms with Crippen molar-refractivity contribution in [1.82, 2.24) is 0 Å². The first-order valence-corrected chi connectivity index (χ1v) is 7.36. The molecule has 0 saturated carbocycles. The number of hydrogen-bond acceptors (Lipinski definition) is 5. The molecule has 1 fully saturated rings. The molecule has 1 heterocycles. The predicted molar refractivity (Wildman–Crippen MR) is 80.0 cm³/mol. The van der Waals surface area contributed by atoms with Crippen molar-refractivity contribution in [3.63, 3.8) is 0 Å². The smallest absolute Gasteiger partial charge is 0.228 e. The van der Waals surface area contributed by atoms with Crippen LogP contribution in [0, 0.1) is 0 Å². The van der Waals surface area contributed by atoms with E-state index >= 15 is 0 Å². The summed E-state index contributed by atoms with van der Waals surface area (Å²) in [5.74, 6) is 0.525. The van der Waals surface area contributed by atoms with E-state index < -0.39 is 24.6 Å². The molecule has 0 bridgehead atoms. The lowest BCUT2D eigenvalue weighted by Crippen LogP contribution is -2.54. The molecule has 1 aliphatic heterocycles. The highest BCUT2D eigenvalue weighted by Gasteiger charge is 2.38. The van der Waals surface area contributed by atoms with Crippen molar-refractivity contribution in [2.45, 2.75) is 24.6 Å². The first-order chi connectivity index (χ1) is 10.0.